The number of nitrogens with zero attached hydrogens (tertiary/aromatic N) is 5. The van der Waals surface area contributed by atoms with Crippen molar-refractivity contribution >= 4 is 5.91 Å². The molecule has 1 heterocycles. The fourth-order valence-electron chi connectivity index (χ4n) is 1.96. The van der Waals surface area contributed by atoms with Gasteiger partial charge in [-0.15, -0.1) is 5.10 Å². The van der Waals surface area contributed by atoms with Crippen molar-refractivity contribution in [2.75, 3.05) is 20.8 Å². The van der Waals surface area contributed by atoms with Crippen LogP contribution in [-0.2, 0) is 17.9 Å². The SMILES string of the molecule is CCOc1ccc(CN(C)C(=O)Cn2cnnn2)cc1OC. The molecule has 0 aliphatic rings. The van der Waals surface area contributed by atoms with Crippen LogP contribution in [0.25, 0.3) is 0 Å². The third-order valence-electron chi connectivity index (χ3n) is 3.06. The Bertz CT molecular complexity index is 615. The zero-order chi connectivity index (χ0) is 15.9. The summed E-state index contributed by atoms with van der Waals surface area (Å²) < 4.78 is 12.2. The van der Waals surface area contributed by atoms with E-state index in [1.807, 2.05) is 25.1 Å². The second-order valence-corrected chi connectivity index (χ2v) is 4.68. The highest BCUT2D eigenvalue weighted by Gasteiger charge is 2.12. The lowest BCUT2D eigenvalue weighted by Crippen LogP contribution is -2.30. The highest BCUT2D eigenvalue weighted by atomic mass is 16.5. The van der Waals surface area contributed by atoms with E-state index in [0.717, 1.165) is 5.56 Å². The van der Waals surface area contributed by atoms with Crippen LogP contribution in [-0.4, -0.2) is 51.8 Å². The molecular formula is C14H19N5O3. The molecule has 1 amide bonds. The van der Waals surface area contributed by atoms with Gasteiger partial charge in [0.1, 0.15) is 12.9 Å². The number of amides is 1. The second-order valence-electron chi connectivity index (χ2n) is 4.68. The van der Waals surface area contributed by atoms with Gasteiger partial charge in [0.05, 0.1) is 13.7 Å². The molecule has 0 bridgehead atoms. The van der Waals surface area contributed by atoms with Crippen LogP contribution in [0.15, 0.2) is 24.5 Å². The van der Waals surface area contributed by atoms with E-state index in [0.29, 0.717) is 24.7 Å². The van der Waals surface area contributed by atoms with E-state index >= 15 is 0 Å². The van der Waals surface area contributed by atoms with Crippen LogP contribution >= 0.6 is 0 Å². The second kappa shape index (κ2) is 7.39. The van der Waals surface area contributed by atoms with Gasteiger partial charge in [-0.05, 0) is 35.0 Å². The number of rotatable bonds is 7. The van der Waals surface area contributed by atoms with Crippen molar-refractivity contribution in [1.82, 2.24) is 25.1 Å². The van der Waals surface area contributed by atoms with Gasteiger partial charge < -0.3 is 14.4 Å². The van der Waals surface area contributed by atoms with Crippen LogP contribution in [0.4, 0.5) is 0 Å². The first-order valence-corrected chi connectivity index (χ1v) is 6.88. The third kappa shape index (κ3) is 3.94. The highest BCUT2D eigenvalue weighted by molar-refractivity contribution is 5.75. The van der Waals surface area contributed by atoms with Crippen LogP contribution in [0.2, 0.25) is 0 Å². The zero-order valence-corrected chi connectivity index (χ0v) is 12.9. The molecule has 0 radical (unpaired) electrons. The predicted molar refractivity (Wildman–Crippen MR) is 78.5 cm³/mol. The molecule has 1 aromatic carbocycles. The monoisotopic (exact) mass is 305 g/mol. The molecule has 1 aromatic heterocycles. The summed E-state index contributed by atoms with van der Waals surface area (Å²) in [6.07, 6.45) is 1.41. The molecule has 0 N–H and O–H groups in total. The fraction of sp³-hybridized carbons (Fsp3) is 0.429. The van der Waals surface area contributed by atoms with Gasteiger partial charge >= 0.3 is 0 Å². The minimum atomic E-state index is -0.0832. The maximum absolute atomic E-state index is 12.1. The number of aromatic nitrogens is 4. The Hall–Kier alpha value is -2.64. The number of ether oxygens (including phenoxy) is 2. The van der Waals surface area contributed by atoms with Gasteiger partial charge in [-0.25, -0.2) is 4.68 Å². The van der Waals surface area contributed by atoms with Gasteiger partial charge in [0.2, 0.25) is 5.91 Å². The van der Waals surface area contributed by atoms with Crippen molar-refractivity contribution in [3.63, 3.8) is 0 Å². The van der Waals surface area contributed by atoms with Gasteiger partial charge in [0.25, 0.3) is 0 Å². The Morgan fingerprint density at radius 3 is 2.82 bits per heavy atom. The quantitative estimate of drug-likeness (QED) is 0.750. The molecule has 0 aliphatic carbocycles. The van der Waals surface area contributed by atoms with Crippen molar-refractivity contribution in [2.45, 2.75) is 20.0 Å². The zero-order valence-electron chi connectivity index (χ0n) is 12.9. The molecule has 0 saturated heterocycles. The molecule has 8 heteroatoms. The topological polar surface area (TPSA) is 82.4 Å². The average molecular weight is 305 g/mol. The number of benzene rings is 1. The van der Waals surface area contributed by atoms with Crippen molar-refractivity contribution in [3.05, 3.63) is 30.1 Å². The molecular weight excluding hydrogens is 286 g/mol. The molecule has 0 unspecified atom stereocenters. The van der Waals surface area contributed by atoms with Crippen LogP contribution in [0.3, 0.4) is 0 Å². The molecule has 0 aliphatic heterocycles. The number of carbonyl (C=O) groups is 1. The van der Waals surface area contributed by atoms with Crippen molar-refractivity contribution in [3.8, 4) is 11.5 Å². The normalized spacial score (nSPS) is 10.3. The van der Waals surface area contributed by atoms with E-state index in [4.69, 9.17) is 9.47 Å². The third-order valence-corrected chi connectivity index (χ3v) is 3.06. The lowest BCUT2D eigenvalue weighted by atomic mass is 10.2. The summed E-state index contributed by atoms with van der Waals surface area (Å²) in [4.78, 5) is 13.7. The van der Waals surface area contributed by atoms with Crippen LogP contribution in [0.5, 0.6) is 11.5 Å². The summed E-state index contributed by atoms with van der Waals surface area (Å²) in [5.74, 6) is 1.26. The number of methoxy groups -OCH3 is 1. The molecule has 0 saturated carbocycles. The molecule has 0 atom stereocenters. The van der Waals surface area contributed by atoms with Crippen LogP contribution in [0.1, 0.15) is 12.5 Å². The maximum atomic E-state index is 12.1. The Morgan fingerprint density at radius 1 is 1.36 bits per heavy atom. The molecule has 2 aromatic rings. The van der Waals surface area contributed by atoms with Crippen LogP contribution in [0, 0.1) is 0 Å². The Morgan fingerprint density at radius 2 is 2.18 bits per heavy atom. The van der Waals surface area contributed by atoms with Gasteiger partial charge in [0.15, 0.2) is 11.5 Å². The fourth-order valence-corrected chi connectivity index (χ4v) is 1.96. The standard InChI is InChI=1S/C14H19N5O3/c1-4-22-12-6-5-11(7-13(12)21-3)8-18(2)14(20)9-19-10-15-16-17-19/h5-7,10H,4,8-9H2,1-3H3. The van der Waals surface area contributed by atoms with E-state index < -0.39 is 0 Å². The highest BCUT2D eigenvalue weighted by Crippen LogP contribution is 2.28. The summed E-state index contributed by atoms with van der Waals surface area (Å²) >= 11 is 0. The maximum Gasteiger partial charge on any atom is 0.244 e. The summed E-state index contributed by atoms with van der Waals surface area (Å²) in [6, 6.07) is 5.62. The number of likely N-dealkylation sites (N-methyl/N-ethyl adjacent to an activating group) is 1. The van der Waals surface area contributed by atoms with Gasteiger partial charge in [-0.3, -0.25) is 4.79 Å². The molecule has 0 fully saturated rings. The van der Waals surface area contributed by atoms with Gasteiger partial charge in [-0.2, -0.15) is 0 Å². The Labute approximate surface area is 128 Å². The Balaban J connectivity index is 2.01. The van der Waals surface area contributed by atoms with E-state index in [1.165, 1.54) is 11.0 Å². The molecule has 8 nitrogen and oxygen atoms in total. The number of carbonyl (C=O) groups excluding carboxylic acids is 1. The van der Waals surface area contributed by atoms with Gasteiger partial charge in [0, 0.05) is 13.6 Å². The Kier molecular flexibility index (Phi) is 5.29. The molecule has 118 valence electrons. The van der Waals surface area contributed by atoms with Crippen molar-refractivity contribution < 1.29 is 14.3 Å². The largest absolute Gasteiger partial charge is 0.493 e. The summed E-state index contributed by atoms with van der Waals surface area (Å²) in [5.41, 5.74) is 0.952. The van der Waals surface area contributed by atoms with E-state index in [9.17, 15) is 4.79 Å². The minimum absolute atomic E-state index is 0.0832. The van der Waals surface area contributed by atoms with Gasteiger partial charge in [-0.1, -0.05) is 6.07 Å². The van der Waals surface area contributed by atoms with Crippen molar-refractivity contribution in [2.24, 2.45) is 0 Å². The number of hydrogen-bond acceptors (Lipinski definition) is 6. The molecule has 2 rings (SSSR count). The average Bonchev–Trinajstić information content (AvgIpc) is 3.01. The summed E-state index contributed by atoms with van der Waals surface area (Å²) in [6.45, 7) is 3.06. The number of tetrazole rings is 1. The minimum Gasteiger partial charge on any atom is -0.493 e. The lowest BCUT2D eigenvalue weighted by molar-refractivity contribution is -0.131. The first kappa shape index (κ1) is 15.7. The van der Waals surface area contributed by atoms with E-state index in [1.54, 1.807) is 19.1 Å². The van der Waals surface area contributed by atoms with E-state index in [-0.39, 0.29) is 12.5 Å². The van der Waals surface area contributed by atoms with Crippen molar-refractivity contribution in [1.29, 1.82) is 0 Å². The smallest absolute Gasteiger partial charge is 0.244 e. The predicted octanol–water partition coefficient (Wildman–Crippen LogP) is 0.739. The van der Waals surface area contributed by atoms with Crippen LogP contribution < -0.4 is 9.47 Å². The lowest BCUT2D eigenvalue weighted by Gasteiger charge is -2.18. The summed E-state index contributed by atoms with van der Waals surface area (Å²) in [7, 11) is 3.32. The number of hydrogen-bond donors (Lipinski definition) is 0. The molecule has 22 heavy (non-hydrogen) atoms. The first-order chi connectivity index (χ1) is 10.6. The molecule has 0 spiro atoms. The first-order valence-electron chi connectivity index (χ1n) is 6.88. The summed E-state index contributed by atoms with van der Waals surface area (Å²) in [5, 5.41) is 10.7. The van der Waals surface area contributed by atoms with E-state index in [2.05, 4.69) is 15.5 Å².